The molecule has 2 aliphatic carbocycles. The summed E-state index contributed by atoms with van der Waals surface area (Å²) in [5.74, 6) is 0.190. The number of rotatable bonds is 6. The summed E-state index contributed by atoms with van der Waals surface area (Å²) in [7, 11) is 2.16. The smallest absolute Gasteiger partial charge is 0.323 e. The molecule has 0 aromatic rings. The Balaban J connectivity index is 2.01. The summed E-state index contributed by atoms with van der Waals surface area (Å²) < 4.78 is 0. The topological polar surface area (TPSA) is 52.6 Å². The molecule has 4 heteroatoms. The summed E-state index contributed by atoms with van der Waals surface area (Å²) >= 11 is 0. The Morgan fingerprint density at radius 2 is 2.11 bits per heavy atom. The van der Waals surface area contributed by atoms with Crippen LogP contribution in [0.15, 0.2) is 0 Å². The molecule has 2 fully saturated rings. The molecular formula is C15H28N2O2. The number of carbonyl (C=O) groups is 1. The molecule has 0 heterocycles. The Bertz CT molecular complexity index is 328. The van der Waals surface area contributed by atoms with Gasteiger partial charge in [-0.2, -0.15) is 0 Å². The molecule has 2 rings (SSSR count). The van der Waals surface area contributed by atoms with Crippen molar-refractivity contribution in [3.05, 3.63) is 0 Å². The summed E-state index contributed by atoms with van der Waals surface area (Å²) in [5, 5.41) is 13.0. The lowest BCUT2D eigenvalue weighted by atomic mass is 9.78. The summed E-state index contributed by atoms with van der Waals surface area (Å²) in [6, 6.07) is 0.625. The molecule has 2 aliphatic rings. The van der Waals surface area contributed by atoms with Gasteiger partial charge >= 0.3 is 5.97 Å². The van der Waals surface area contributed by atoms with E-state index in [0.717, 1.165) is 38.1 Å². The molecule has 0 spiro atoms. The van der Waals surface area contributed by atoms with Crippen LogP contribution in [0.2, 0.25) is 0 Å². The predicted octanol–water partition coefficient (Wildman–Crippen LogP) is 2.09. The van der Waals surface area contributed by atoms with Crippen molar-refractivity contribution in [2.24, 2.45) is 5.92 Å². The zero-order valence-electron chi connectivity index (χ0n) is 12.5. The van der Waals surface area contributed by atoms with Crippen molar-refractivity contribution in [2.45, 2.75) is 70.0 Å². The number of aliphatic carboxylic acids is 1. The van der Waals surface area contributed by atoms with E-state index >= 15 is 0 Å². The lowest BCUT2D eigenvalue weighted by Crippen LogP contribution is -2.59. The van der Waals surface area contributed by atoms with Crippen LogP contribution < -0.4 is 5.32 Å². The maximum absolute atomic E-state index is 11.7. The van der Waals surface area contributed by atoms with Crippen molar-refractivity contribution in [2.75, 3.05) is 13.6 Å². The van der Waals surface area contributed by atoms with E-state index in [1.165, 1.54) is 12.8 Å². The average molecular weight is 268 g/mol. The third-order valence-corrected chi connectivity index (χ3v) is 4.57. The third kappa shape index (κ3) is 3.69. The van der Waals surface area contributed by atoms with Crippen molar-refractivity contribution in [1.82, 2.24) is 10.2 Å². The van der Waals surface area contributed by atoms with Crippen molar-refractivity contribution in [3.63, 3.8) is 0 Å². The van der Waals surface area contributed by atoms with Gasteiger partial charge in [-0.05, 0) is 65.3 Å². The van der Waals surface area contributed by atoms with Crippen LogP contribution in [0.4, 0.5) is 0 Å². The first kappa shape index (κ1) is 14.8. The number of carboxylic acid groups (broad SMARTS) is 1. The van der Waals surface area contributed by atoms with E-state index in [-0.39, 0.29) is 6.04 Å². The van der Waals surface area contributed by atoms with E-state index in [0.29, 0.717) is 6.04 Å². The first-order valence-electron chi connectivity index (χ1n) is 7.64. The normalized spacial score (nSPS) is 31.9. The third-order valence-electron chi connectivity index (χ3n) is 4.57. The first-order chi connectivity index (χ1) is 8.93. The summed E-state index contributed by atoms with van der Waals surface area (Å²) in [6.45, 7) is 5.20. The molecule has 0 bridgehead atoms. The Morgan fingerprint density at radius 1 is 1.42 bits per heavy atom. The molecule has 19 heavy (non-hydrogen) atoms. The highest BCUT2D eigenvalue weighted by atomic mass is 16.4. The second kappa shape index (κ2) is 5.80. The summed E-state index contributed by atoms with van der Waals surface area (Å²) in [4.78, 5) is 14.1. The van der Waals surface area contributed by atoms with Crippen molar-refractivity contribution in [1.29, 1.82) is 0 Å². The van der Waals surface area contributed by atoms with E-state index < -0.39 is 11.5 Å². The summed E-state index contributed by atoms with van der Waals surface area (Å²) in [5.41, 5.74) is -0.713. The fraction of sp³-hybridized carbons (Fsp3) is 0.933. The molecule has 0 saturated heterocycles. The molecule has 0 aromatic carbocycles. The van der Waals surface area contributed by atoms with Crippen LogP contribution in [0.1, 0.15) is 52.4 Å². The SMILES string of the molecule is CC(C)NC1(C(=O)O)CCCC(N(C)CC2CC2)C1. The van der Waals surface area contributed by atoms with Crippen LogP contribution in [0.3, 0.4) is 0 Å². The largest absolute Gasteiger partial charge is 0.480 e. The van der Waals surface area contributed by atoms with Crippen LogP contribution in [-0.4, -0.2) is 47.2 Å². The van der Waals surface area contributed by atoms with Gasteiger partial charge < -0.3 is 10.0 Å². The zero-order chi connectivity index (χ0) is 14.0. The van der Waals surface area contributed by atoms with Crippen LogP contribution in [0.25, 0.3) is 0 Å². The first-order valence-corrected chi connectivity index (χ1v) is 7.64. The van der Waals surface area contributed by atoms with Crippen molar-refractivity contribution < 1.29 is 9.90 Å². The second-order valence-electron chi connectivity index (χ2n) is 6.82. The molecule has 2 atom stereocenters. The van der Waals surface area contributed by atoms with Gasteiger partial charge in [-0.25, -0.2) is 0 Å². The minimum absolute atomic E-state index is 0.212. The van der Waals surface area contributed by atoms with Gasteiger partial charge in [0.25, 0.3) is 0 Å². The summed E-state index contributed by atoms with van der Waals surface area (Å²) in [6.07, 6.45) is 6.35. The van der Waals surface area contributed by atoms with Gasteiger partial charge in [0.05, 0.1) is 0 Å². The molecule has 0 amide bonds. The van der Waals surface area contributed by atoms with Gasteiger partial charge in [-0.3, -0.25) is 10.1 Å². The van der Waals surface area contributed by atoms with Gasteiger partial charge in [0.2, 0.25) is 0 Å². The minimum atomic E-state index is -0.713. The maximum atomic E-state index is 11.7. The van der Waals surface area contributed by atoms with E-state index in [1.807, 2.05) is 13.8 Å². The molecule has 0 radical (unpaired) electrons. The van der Waals surface area contributed by atoms with Gasteiger partial charge in [-0.1, -0.05) is 0 Å². The van der Waals surface area contributed by atoms with Gasteiger partial charge in [-0.15, -0.1) is 0 Å². The van der Waals surface area contributed by atoms with Crippen LogP contribution >= 0.6 is 0 Å². The van der Waals surface area contributed by atoms with Crippen molar-refractivity contribution >= 4 is 5.97 Å². The molecule has 2 saturated carbocycles. The fourth-order valence-electron chi connectivity index (χ4n) is 3.42. The lowest BCUT2D eigenvalue weighted by Gasteiger charge is -2.42. The number of nitrogens with zero attached hydrogens (tertiary/aromatic N) is 1. The van der Waals surface area contributed by atoms with Gasteiger partial charge in [0.15, 0.2) is 0 Å². The number of nitrogens with one attached hydrogen (secondary N) is 1. The Hall–Kier alpha value is -0.610. The van der Waals surface area contributed by atoms with E-state index in [2.05, 4.69) is 17.3 Å². The fourth-order valence-corrected chi connectivity index (χ4v) is 3.42. The van der Waals surface area contributed by atoms with E-state index in [1.54, 1.807) is 0 Å². The highest BCUT2D eigenvalue weighted by Crippen LogP contribution is 2.35. The van der Waals surface area contributed by atoms with Crippen LogP contribution in [-0.2, 0) is 4.79 Å². The predicted molar refractivity (Wildman–Crippen MR) is 76.2 cm³/mol. The van der Waals surface area contributed by atoms with Gasteiger partial charge in [0.1, 0.15) is 5.54 Å². The van der Waals surface area contributed by atoms with E-state index in [9.17, 15) is 9.90 Å². The molecule has 110 valence electrons. The molecule has 0 aromatic heterocycles. The number of hydrogen-bond donors (Lipinski definition) is 2. The number of hydrogen-bond acceptors (Lipinski definition) is 3. The monoisotopic (exact) mass is 268 g/mol. The Morgan fingerprint density at radius 3 is 2.63 bits per heavy atom. The van der Waals surface area contributed by atoms with Crippen LogP contribution in [0.5, 0.6) is 0 Å². The Labute approximate surface area is 116 Å². The Kier molecular flexibility index (Phi) is 4.51. The molecular weight excluding hydrogens is 240 g/mol. The average Bonchev–Trinajstić information content (AvgIpc) is 3.12. The molecule has 2 unspecified atom stereocenters. The zero-order valence-corrected chi connectivity index (χ0v) is 12.5. The maximum Gasteiger partial charge on any atom is 0.323 e. The van der Waals surface area contributed by atoms with Crippen molar-refractivity contribution in [3.8, 4) is 0 Å². The van der Waals surface area contributed by atoms with Gasteiger partial charge in [0, 0.05) is 18.6 Å². The number of carboxylic acids is 1. The molecule has 2 N–H and O–H groups in total. The van der Waals surface area contributed by atoms with Crippen LogP contribution in [0, 0.1) is 5.92 Å². The quantitative estimate of drug-likeness (QED) is 0.774. The second-order valence-corrected chi connectivity index (χ2v) is 6.82. The standard InChI is InChI=1S/C15H28N2O2/c1-11(2)16-15(14(18)19)8-4-5-13(9-15)17(3)10-12-6-7-12/h11-13,16H,4-10H2,1-3H3,(H,18,19). The lowest BCUT2D eigenvalue weighted by molar-refractivity contribution is -0.147. The molecule has 4 nitrogen and oxygen atoms in total. The minimum Gasteiger partial charge on any atom is -0.480 e. The highest BCUT2D eigenvalue weighted by Gasteiger charge is 2.44. The molecule has 0 aliphatic heterocycles. The van der Waals surface area contributed by atoms with E-state index in [4.69, 9.17) is 0 Å². The highest BCUT2D eigenvalue weighted by molar-refractivity contribution is 5.79.